The van der Waals surface area contributed by atoms with Crippen molar-refractivity contribution in [2.75, 3.05) is 6.61 Å². The van der Waals surface area contributed by atoms with Crippen LogP contribution in [0.25, 0.3) is 0 Å². The summed E-state index contributed by atoms with van der Waals surface area (Å²) in [6, 6.07) is 16.0. The van der Waals surface area contributed by atoms with Crippen LogP contribution >= 0.6 is 0 Å². The van der Waals surface area contributed by atoms with Crippen LogP contribution in [0.5, 0.6) is 11.5 Å². The van der Waals surface area contributed by atoms with E-state index in [0.717, 1.165) is 29.9 Å². The van der Waals surface area contributed by atoms with Crippen LogP contribution in [0.2, 0.25) is 0 Å². The maximum Gasteiger partial charge on any atom is 0.161 e. The molecule has 2 aromatic carbocycles. The number of fused-ring (bicyclic) bond motifs is 1. The molecule has 0 bridgehead atoms. The fourth-order valence-corrected chi connectivity index (χ4v) is 2.67. The minimum Gasteiger partial charge on any atom is -0.486 e. The standard InChI is InChI=1S/C18H21NO2/c1-2-6-13-7-5-8-14(11-13)18(19)17-12-20-15-9-3-4-10-16(15)21-17/h3-5,7-11,17-18H,2,6,12,19H2,1H3. The lowest BCUT2D eigenvalue weighted by molar-refractivity contribution is 0.0721. The van der Waals surface area contributed by atoms with Crippen LogP contribution in [0.1, 0.15) is 30.5 Å². The monoisotopic (exact) mass is 283 g/mol. The largest absolute Gasteiger partial charge is 0.486 e. The highest BCUT2D eigenvalue weighted by Crippen LogP contribution is 2.33. The van der Waals surface area contributed by atoms with Gasteiger partial charge >= 0.3 is 0 Å². The third-order valence-corrected chi connectivity index (χ3v) is 3.81. The molecule has 3 nitrogen and oxygen atoms in total. The number of para-hydroxylation sites is 2. The van der Waals surface area contributed by atoms with Gasteiger partial charge in [-0.25, -0.2) is 0 Å². The molecular weight excluding hydrogens is 262 g/mol. The molecule has 21 heavy (non-hydrogen) atoms. The molecule has 0 amide bonds. The predicted molar refractivity (Wildman–Crippen MR) is 83.7 cm³/mol. The molecule has 3 rings (SSSR count). The second-order valence-electron chi connectivity index (χ2n) is 5.43. The number of rotatable bonds is 4. The van der Waals surface area contributed by atoms with E-state index in [1.165, 1.54) is 5.56 Å². The summed E-state index contributed by atoms with van der Waals surface area (Å²) in [5, 5.41) is 0. The highest BCUT2D eigenvalue weighted by atomic mass is 16.6. The van der Waals surface area contributed by atoms with E-state index >= 15 is 0 Å². The van der Waals surface area contributed by atoms with E-state index in [1.807, 2.05) is 24.3 Å². The number of hydrogen-bond donors (Lipinski definition) is 1. The van der Waals surface area contributed by atoms with Crippen molar-refractivity contribution in [1.29, 1.82) is 0 Å². The first-order valence-corrected chi connectivity index (χ1v) is 7.51. The molecule has 0 saturated carbocycles. The van der Waals surface area contributed by atoms with Crippen molar-refractivity contribution in [2.45, 2.75) is 31.9 Å². The van der Waals surface area contributed by atoms with Crippen LogP contribution in [0.15, 0.2) is 48.5 Å². The summed E-state index contributed by atoms with van der Waals surface area (Å²) in [7, 11) is 0. The van der Waals surface area contributed by atoms with E-state index in [-0.39, 0.29) is 12.1 Å². The Hall–Kier alpha value is -2.00. The SMILES string of the molecule is CCCc1cccc(C(N)C2COc3ccccc3O2)c1. The average molecular weight is 283 g/mol. The zero-order valence-corrected chi connectivity index (χ0v) is 12.3. The highest BCUT2D eigenvalue weighted by molar-refractivity contribution is 5.41. The van der Waals surface area contributed by atoms with Crippen LogP contribution in [0.3, 0.4) is 0 Å². The Balaban J connectivity index is 1.77. The van der Waals surface area contributed by atoms with Crippen molar-refractivity contribution in [3.05, 3.63) is 59.7 Å². The maximum absolute atomic E-state index is 6.39. The lowest BCUT2D eigenvalue weighted by Crippen LogP contribution is -2.39. The average Bonchev–Trinajstić information content (AvgIpc) is 2.54. The van der Waals surface area contributed by atoms with Gasteiger partial charge in [-0.15, -0.1) is 0 Å². The van der Waals surface area contributed by atoms with Crippen molar-refractivity contribution >= 4 is 0 Å². The normalized spacial score (nSPS) is 18.3. The molecular formula is C18H21NO2. The molecule has 0 aromatic heterocycles. The fraction of sp³-hybridized carbons (Fsp3) is 0.333. The van der Waals surface area contributed by atoms with Gasteiger partial charge in [0.05, 0.1) is 6.04 Å². The molecule has 2 aromatic rings. The van der Waals surface area contributed by atoms with Crippen molar-refractivity contribution in [1.82, 2.24) is 0 Å². The first-order valence-electron chi connectivity index (χ1n) is 7.51. The summed E-state index contributed by atoms with van der Waals surface area (Å²) in [6.07, 6.45) is 2.05. The van der Waals surface area contributed by atoms with Crippen LogP contribution in [-0.2, 0) is 6.42 Å². The first-order chi connectivity index (χ1) is 10.3. The summed E-state index contributed by atoms with van der Waals surface area (Å²) >= 11 is 0. The summed E-state index contributed by atoms with van der Waals surface area (Å²) in [4.78, 5) is 0. The Labute approximate surface area is 125 Å². The van der Waals surface area contributed by atoms with Gasteiger partial charge in [0.15, 0.2) is 17.6 Å². The van der Waals surface area contributed by atoms with E-state index in [0.29, 0.717) is 6.61 Å². The van der Waals surface area contributed by atoms with Crippen LogP contribution < -0.4 is 15.2 Å². The van der Waals surface area contributed by atoms with Gasteiger partial charge in [0.2, 0.25) is 0 Å². The smallest absolute Gasteiger partial charge is 0.161 e. The van der Waals surface area contributed by atoms with Gasteiger partial charge in [-0.2, -0.15) is 0 Å². The Morgan fingerprint density at radius 2 is 1.95 bits per heavy atom. The van der Waals surface area contributed by atoms with Crippen molar-refractivity contribution in [3.63, 3.8) is 0 Å². The molecule has 2 unspecified atom stereocenters. The van der Waals surface area contributed by atoms with E-state index in [9.17, 15) is 0 Å². The second kappa shape index (κ2) is 6.19. The van der Waals surface area contributed by atoms with E-state index in [4.69, 9.17) is 15.2 Å². The van der Waals surface area contributed by atoms with Gasteiger partial charge in [0.25, 0.3) is 0 Å². The van der Waals surface area contributed by atoms with E-state index in [2.05, 4.69) is 31.2 Å². The van der Waals surface area contributed by atoms with Crippen molar-refractivity contribution in [2.24, 2.45) is 5.73 Å². The van der Waals surface area contributed by atoms with Gasteiger partial charge in [-0.3, -0.25) is 0 Å². The predicted octanol–water partition coefficient (Wildman–Crippen LogP) is 3.48. The molecule has 0 radical (unpaired) electrons. The number of benzene rings is 2. The Bertz CT molecular complexity index is 612. The molecule has 0 saturated heterocycles. The summed E-state index contributed by atoms with van der Waals surface area (Å²) in [6.45, 7) is 2.66. The summed E-state index contributed by atoms with van der Waals surface area (Å²) in [5.41, 5.74) is 8.81. The maximum atomic E-state index is 6.39. The molecule has 1 heterocycles. The molecule has 2 atom stereocenters. The number of aryl methyl sites for hydroxylation is 1. The lowest BCUT2D eigenvalue weighted by atomic mass is 9.98. The minimum atomic E-state index is -0.185. The Kier molecular flexibility index (Phi) is 4.11. The van der Waals surface area contributed by atoms with Gasteiger partial charge in [0.1, 0.15) is 6.61 Å². The van der Waals surface area contributed by atoms with Crippen LogP contribution in [0.4, 0.5) is 0 Å². The number of ether oxygens (including phenoxy) is 2. The highest BCUT2D eigenvalue weighted by Gasteiger charge is 2.27. The van der Waals surface area contributed by atoms with Gasteiger partial charge < -0.3 is 15.2 Å². The Morgan fingerprint density at radius 1 is 1.14 bits per heavy atom. The van der Waals surface area contributed by atoms with E-state index < -0.39 is 0 Å². The molecule has 110 valence electrons. The second-order valence-corrected chi connectivity index (χ2v) is 5.43. The minimum absolute atomic E-state index is 0.156. The number of hydrogen-bond acceptors (Lipinski definition) is 3. The molecule has 0 aliphatic carbocycles. The zero-order valence-electron chi connectivity index (χ0n) is 12.3. The van der Waals surface area contributed by atoms with Crippen LogP contribution in [-0.4, -0.2) is 12.7 Å². The first kappa shape index (κ1) is 14.0. The van der Waals surface area contributed by atoms with Crippen molar-refractivity contribution in [3.8, 4) is 11.5 Å². The molecule has 0 spiro atoms. The number of nitrogens with two attached hydrogens (primary N) is 1. The van der Waals surface area contributed by atoms with Crippen molar-refractivity contribution < 1.29 is 9.47 Å². The molecule has 3 heteroatoms. The molecule has 0 fully saturated rings. The Morgan fingerprint density at radius 3 is 2.76 bits per heavy atom. The van der Waals surface area contributed by atoms with Gasteiger partial charge in [0, 0.05) is 0 Å². The molecule has 1 aliphatic heterocycles. The third-order valence-electron chi connectivity index (χ3n) is 3.81. The summed E-state index contributed by atoms with van der Waals surface area (Å²) in [5.74, 6) is 1.56. The zero-order chi connectivity index (χ0) is 14.7. The lowest BCUT2D eigenvalue weighted by Gasteiger charge is -2.30. The quantitative estimate of drug-likeness (QED) is 0.934. The summed E-state index contributed by atoms with van der Waals surface area (Å²) < 4.78 is 11.7. The van der Waals surface area contributed by atoms with Gasteiger partial charge in [-0.1, -0.05) is 49.7 Å². The fourth-order valence-electron chi connectivity index (χ4n) is 2.67. The molecule has 1 aliphatic rings. The molecule has 2 N–H and O–H groups in total. The van der Waals surface area contributed by atoms with Gasteiger partial charge in [-0.05, 0) is 29.7 Å². The third kappa shape index (κ3) is 3.03. The van der Waals surface area contributed by atoms with E-state index in [1.54, 1.807) is 0 Å². The van der Waals surface area contributed by atoms with Crippen LogP contribution in [0, 0.1) is 0 Å². The topological polar surface area (TPSA) is 44.5 Å².